The van der Waals surface area contributed by atoms with Crippen molar-refractivity contribution in [1.29, 1.82) is 0 Å². The molecule has 9 nitrogen and oxygen atoms in total. The van der Waals surface area contributed by atoms with Crippen LogP contribution in [0.3, 0.4) is 0 Å². The van der Waals surface area contributed by atoms with Crippen LogP contribution in [0, 0.1) is 0 Å². The summed E-state index contributed by atoms with van der Waals surface area (Å²) in [4.78, 5) is 31.8. The molecule has 0 unspecified atom stereocenters. The van der Waals surface area contributed by atoms with Crippen LogP contribution in [-0.4, -0.2) is 55.1 Å². The molecule has 4 N–H and O–H groups in total. The van der Waals surface area contributed by atoms with E-state index < -0.39 is 18.7 Å². The van der Waals surface area contributed by atoms with Crippen LogP contribution in [0.2, 0.25) is 0 Å². The van der Waals surface area contributed by atoms with Crippen LogP contribution >= 0.6 is 0 Å². The van der Waals surface area contributed by atoms with Crippen LogP contribution in [0.25, 0.3) is 0 Å². The second-order valence-corrected chi connectivity index (χ2v) is 6.68. The lowest BCUT2D eigenvalue weighted by Gasteiger charge is -2.20. The minimum Gasteiger partial charge on any atom is -0.468 e. The first-order valence-electron chi connectivity index (χ1n) is 9.90. The maximum absolute atomic E-state index is 13.0. The first-order chi connectivity index (χ1) is 15.8. The standard InChI is InChI=1S/C21H24F3N5O4/c22-21(23,24)13-33-19-4-3-16(12-27-19)29-20(31)17(2-1-9-26-14-30)18(5-8-25)28-15-6-10-32-11-7-15/h1-5,8-9,12,14-15H,6-7,10-11,13,25H2,(H,26,30)(H,29,31)/b8-5?,9-1-,17-2+,28-18?. The van der Waals surface area contributed by atoms with Crippen molar-refractivity contribution in [3.8, 4) is 5.88 Å². The summed E-state index contributed by atoms with van der Waals surface area (Å²) in [6, 6.07) is 2.49. The molecule has 2 heterocycles. The lowest BCUT2D eigenvalue weighted by atomic mass is 10.1. The molecule has 1 aliphatic rings. The van der Waals surface area contributed by atoms with Gasteiger partial charge in [-0.1, -0.05) is 0 Å². The molecule has 1 saturated heterocycles. The number of carbonyl (C=O) groups excluding carboxylic acids is 2. The number of nitrogens with two attached hydrogens (primary N) is 1. The molecule has 0 aromatic carbocycles. The summed E-state index contributed by atoms with van der Waals surface area (Å²) in [6.45, 7) is -0.371. The summed E-state index contributed by atoms with van der Waals surface area (Å²) < 4.78 is 46.7. The van der Waals surface area contributed by atoms with E-state index in [-0.39, 0.29) is 23.2 Å². The van der Waals surface area contributed by atoms with Crippen LogP contribution < -0.4 is 21.1 Å². The van der Waals surface area contributed by atoms with Crippen LogP contribution in [0.1, 0.15) is 12.8 Å². The number of aromatic nitrogens is 1. The van der Waals surface area contributed by atoms with Gasteiger partial charge in [0, 0.05) is 25.5 Å². The van der Waals surface area contributed by atoms with Crippen molar-refractivity contribution in [2.45, 2.75) is 25.1 Å². The molecule has 1 aliphatic heterocycles. The lowest BCUT2D eigenvalue weighted by molar-refractivity contribution is -0.154. The number of halogens is 3. The topological polar surface area (TPSA) is 128 Å². The Hall–Kier alpha value is -3.67. The Morgan fingerprint density at radius 3 is 2.70 bits per heavy atom. The summed E-state index contributed by atoms with van der Waals surface area (Å²) in [6.07, 6.45) is 5.45. The number of rotatable bonds is 10. The number of allylic oxidation sites excluding steroid dienone is 3. The van der Waals surface area contributed by atoms with Gasteiger partial charge in [-0.15, -0.1) is 0 Å². The predicted octanol–water partition coefficient (Wildman–Crippen LogP) is 2.24. The van der Waals surface area contributed by atoms with Gasteiger partial charge < -0.3 is 25.8 Å². The fourth-order valence-corrected chi connectivity index (χ4v) is 2.71. The zero-order valence-corrected chi connectivity index (χ0v) is 17.5. The molecule has 1 fully saturated rings. The Morgan fingerprint density at radius 1 is 1.33 bits per heavy atom. The summed E-state index contributed by atoms with van der Waals surface area (Å²) in [5, 5.41) is 4.94. The third-order valence-corrected chi connectivity index (χ3v) is 4.19. The highest BCUT2D eigenvalue weighted by molar-refractivity contribution is 6.29. The minimum absolute atomic E-state index is 0.0649. The molecular formula is C21H24F3N5O4. The van der Waals surface area contributed by atoms with E-state index in [2.05, 4.69) is 25.3 Å². The summed E-state index contributed by atoms with van der Waals surface area (Å²) >= 11 is 0. The molecule has 33 heavy (non-hydrogen) atoms. The van der Waals surface area contributed by atoms with Gasteiger partial charge in [-0.3, -0.25) is 14.6 Å². The van der Waals surface area contributed by atoms with Crippen molar-refractivity contribution in [1.82, 2.24) is 10.3 Å². The van der Waals surface area contributed by atoms with E-state index in [4.69, 9.17) is 10.5 Å². The van der Waals surface area contributed by atoms with E-state index in [9.17, 15) is 22.8 Å². The smallest absolute Gasteiger partial charge is 0.422 e. The van der Waals surface area contributed by atoms with Crippen LogP contribution in [0.5, 0.6) is 5.88 Å². The van der Waals surface area contributed by atoms with Crippen LogP contribution in [0.15, 0.2) is 59.5 Å². The second kappa shape index (κ2) is 13.0. The Kier molecular flexibility index (Phi) is 10.1. The number of pyridine rings is 1. The van der Waals surface area contributed by atoms with Crippen molar-refractivity contribution < 1.29 is 32.2 Å². The van der Waals surface area contributed by atoms with Crippen LogP contribution in [0.4, 0.5) is 18.9 Å². The van der Waals surface area contributed by atoms with Gasteiger partial charge in [-0.2, -0.15) is 13.2 Å². The maximum atomic E-state index is 13.0. The fraction of sp³-hybridized carbons (Fsp3) is 0.333. The zero-order chi connectivity index (χ0) is 24.1. The quantitative estimate of drug-likeness (QED) is 0.210. The van der Waals surface area contributed by atoms with Crippen molar-refractivity contribution in [3.63, 3.8) is 0 Å². The van der Waals surface area contributed by atoms with E-state index in [0.29, 0.717) is 38.2 Å². The van der Waals surface area contributed by atoms with E-state index in [1.807, 2.05) is 0 Å². The van der Waals surface area contributed by atoms with Gasteiger partial charge in [0.05, 0.1) is 29.2 Å². The van der Waals surface area contributed by atoms with E-state index in [1.54, 1.807) is 0 Å². The van der Waals surface area contributed by atoms with Crippen molar-refractivity contribution in [2.24, 2.45) is 10.7 Å². The van der Waals surface area contributed by atoms with Gasteiger partial charge in [-0.25, -0.2) is 4.98 Å². The number of ether oxygens (including phenoxy) is 2. The van der Waals surface area contributed by atoms with Gasteiger partial charge in [-0.05, 0) is 43.3 Å². The molecule has 1 aromatic rings. The average Bonchev–Trinajstić information content (AvgIpc) is 2.78. The van der Waals surface area contributed by atoms with Gasteiger partial charge in [0.2, 0.25) is 12.3 Å². The maximum Gasteiger partial charge on any atom is 0.422 e. The Balaban J connectivity index is 2.22. The number of nitrogens with one attached hydrogen (secondary N) is 2. The monoisotopic (exact) mass is 467 g/mol. The molecule has 2 amide bonds. The molecule has 0 saturated carbocycles. The van der Waals surface area contributed by atoms with Gasteiger partial charge in [0.1, 0.15) is 0 Å². The number of hydrogen-bond acceptors (Lipinski definition) is 7. The first-order valence-corrected chi connectivity index (χ1v) is 9.90. The molecule has 1 aromatic heterocycles. The molecule has 0 spiro atoms. The average molecular weight is 467 g/mol. The van der Waals surface area contributed by atoms with Crippen molar-refractivity contribution in [2.75, 3.05) is 25.1 Å². The van der Waals surface area contributed by atoms with Crippen molar-refractivity contribution in [3.05, 3.63) is 54.5 Å². The molecular weight excluding hydrogens is 443 g/mol. The Morgan fingerprint density at radius 2 is 2.09 bits per heavy atom. The minimum atomic E-state index is -4.49. The molecule has 0 radical (unpaired) electrons. The van der Waals surface area contributed by atoms with E-state index >= 15 is 0 Å². The molecule has 178 valence electrons. The molecule has 12 heteroatoms. The third kappa shape index (κ3) is 9.56. The fourth-order valence-electron chi connectivity index (χ4n) is 2.71. The first kappa shape index (κ1) is 25.6. The van der Waals surface area contributed by atoms with Crippen molar-refractivity contribution >= 4 is 23.7 Å². The predicted molar refractivity (Wildman–Crippen MR) is 115 cm³/mol. The third-order valence-electron chi connectivity index (χ3n) is 4.19. The number of amides is 2. The highest BCUT2D eigenvalue weighted by Gasteiger charge is 2.28. The largest absolute Gasteiger partial charge is 0.468 e. The highest BCUT2D eigenvalue weighted by Crippen LogP contribution is 2.19. The number of anilines is 1. The van der Waals surface area contributed by atoms with Gasteiger partial charge in [0.25, 0.3) is 5.91 Å². The van der Waals surface area contributed by atoms with Gasteiger partial charge >= 0.3 is 6.18 Å². The van der Waals surface area contributed by atoms with Gasteiger partial charge in [0.15, 0.2) is 6.61 Å². The normalized spacial score (nSPS) is 16.2. The second-order valence-electron chi connectivity index (χ2n) is 6.68. The number of carbonyl (C=O) groups is 2. The molecule has 0 bridgehead atoms. The number of hydrogen-bond donors (Lipinski definition) is 3. The lowest BCUT2D eigenvalue weighted by Crippen LogP contribution is -2.24. The number of alkyl halides is 3. The van der Waals surface area contributed by atoms with E-state index in [0.717, 1.165) is 0 Å². The number of nitrogens with zero attached hydrogens (tertiary/aromatic N) is 2. The Bertz CT molecular complexity index is 905. The molecule has 0 aliphatic carbocycles. The van der Waals surface area contributed by atoms with E-state index in [1.165, 1.54) is 49.0 Å². The highest BCUT2D eigenvalue weighted by atomic mass is 19.4. The Labute approximate surface area is 188 Å². The summed E-state index contributed by atoms with van der Waals surface area (Å²) in [7, 11) is 0. The molecule has 2 rings (SSSR count). The SMILES string of the molecule is NC=CC(=NC1CCOCC1)/C(=C\C=C/NC=O)C(=O)Nc1ccc(OCC(F)(F)F)nc1. The summed E-state index contributed by atoms with van der Waals surface area (Å²) in [5.74, 6) is -0.808. The zero-order valence-electron chi connectivity index (χ0n) is 17.5. The molecule has 0 atom stereocenters. The number of aliphatic imine (C=N–C) groups is 1. The summed E-state index contributed by atoms with van der Waals surface area (Å²) in [5.41, 5.74) is 6.23. The van der Waals surface area contributed by atoms with Crippen LogP contribution in [-0.2, 0) is 14.3 Å².